The van der Waals surface area contributed by atoms with Gasteiger partial charge in [0, 0.05) is 22.1 Å². The summed E-state index contributed by atoms with van der Waals surface area (Å²) in [6, 6.07) is 2.39. The number of hydrogen-bond donors (Lipinski definition) is 2. The van der Waals surface area contributed by atoms with E-state index >= 15 is 0 Å². The minimum Gasteiger partial charge on any atom is -0.502 e. The van der Waals surface area contributed by atoms with E-state index in [2.05, 4.69) is 22.5 Å². The first-order valence-corrected chi connectivity index (χ1v) is 5.80. The molecule has 5 nitrogen and oxygen atoms in total. The Morgan fingerprint density at radius 3 is 2.72 bits per heavy atom. The summed E-state index contributed by atoms with van der Waals surface area (Å²) in [7, 11) is 0. The Hall–Kier alpha value is -1.11. The van der Waals surface area contributed by atoms with Crippen molar-refractivity contribution >= 4 is 34.0 Å². The zero-order valence-corrected chi connectivity index (χ0v) is 11.9. The number of phenolic OH excluding ortho intramolecular Hbond substituents is 1. The molecule has 0 aromatic heterocycles. The first-order valence-electron chi connectivity index (χ1n) is 5.00. The molecule has 0 aliphatic carbocycles. The lowest BCUT2D eigenvalue weighted by atomic mass is 10.0. The van der Waals surface area contributed by atoms with Crippen LogP contribution in [-0.2, 0) is 0 Å². The number of nitro benzene ring substituents is 1. The zero-order chi connectivity index (χ0) is 13.0. The molecule has 0 amide bonds. The molecule has 0 bridgehead atoms. The van der Waals surface area contributed by atoms with Crippen molar-refractivity contribution in [2.45, 2.75) is 18.9 Å². The van der Waals surface area contributed by atoms with Crippen molar-refractivity contribution in [1.29, 1.82) is 0 Å². The van der Waals surface area contributed by atoms with Crippen LogP contribution in [0.2, 0.25) is 0 Å². The van der Waals surface area contributed by atoms with E-state index in [4.69, 9.17) is 5.73 Å². The van der Waals surface area contributed by atoms with E-state index in [0.29, 0.717) is 22.9 Å². The highest BCUT2D eigenvalue weighted by molar-refractivity contribution is 9.10. The van der Waals surface area contributed by atoms with Gasteiger partial charge in [0.15, 0.2) is 5.75 Å². The SMILES string of the molecule is C=CCC[C@H](N)c1cc(Br)cc([N+](=O)[O-])c1O.Cl. The van der Waals surface area contributed by atoms with Gasteiger partial charge in [-0.25, -0.2) is 0 Å². The summed E-state index contributed by atoms with van der Waals surface area (Å²) in [6.45, 7) is 3.58. The van der Waals surface area contributed by atoms with Gasteiger partial charge in [-0.15, -0.1) is 19.0 Å². The highest BCUT2D eigenvalue weighted by Crippen LogP contribution is 2.37. The average molecular weight is 338 g/mol. The predicted octanol–water partition coefficient (Wildman–Crippen LogP) is 3.45. The molecule has 1 aromatic rings. The van der Waals surface area contributed by atoms with E-state index < -0.39 is 11.0 Å². The lowest BCUT2D eigenvalue weighted by molar-refractivity contribution is -0.386. The highest BCUT2D eigenvalue weighted by Gasteiger charge is 2.21. The molecule has 0 unspecified atom stereocenters. The van der Waals surface area contributed by atoms with E-state index in [0.717, 1.165) is 0 Å². The molecule has 18 heavy (non-hydrogen) atoms. The van der Waals surface area contributed by atoms with Crippen LogP contribution in [0.25, 0.3) is 0 Å². The van der Waals surface area contributed by atoms with Crippen LogP contribution >= 0.6 is 28.3 Å². The van der Waals surface area contributed by atoms with Crippen LogP contribution in [0.3, 0.4) is 0 Å². The highest BCUT2D eigenvalue weighted by atomic mass is 79.9. The number of benzene rings is 1. The maximum absolute atomic E-state index is 10.7. The summed E-state index contributed by atoms with van der Waals surface area (Å²) in [5.41, 5.74) is 5.89. The van der Waals surface area contributed by atoms with Gasteiger partial charge in [0.25, 0.3) is 0 Å². The zero-order valence-electron chi connectivity index (χ0n) is 9.51. The lowest BCUT2D eigenvalue weighted by Gasteiger charge is -2.13. The van der Waals surface area contributed by atoms with Gasteiger partial charge in [-0.3, -0.25) is 10.1 Å². The third-order valence-corrected chi connectivity index (χ3v) is 2.82. The molecule has 1 aromatic carbocycles. The number of nitrogens with two attached hydrogens (primary N) is 1. The standard InChI is InChI=1S/C11H13BrN2O3.ClH/c1-2-3-4-9(13)8-5-7(12)6-10(11(8)15)14(16)17;/h2,5-6,9,15H,1,3-4,13H2;1H/t9-;/m0./s1. The van der Waals surface area contributed by atoms with Crippen molar-refractivity contribution in [2.75, 3.05) is 0 Å². The number of hydrogen-bond acceptors (Lipinski definition) is 4. The summed E-state index contributed by atoms with van der Waals surface area (Å²) in [5, 5.41) is 20.5. The second-order valence-corrected chi connectivity index (χ2v) is 4.51. The molecule has 3 N–H and O–H groups in total. The van der Waals surface area contributed by atoms with Crippen molar-refractivity contribution in [2.24, 2.45) is 5.73 Å². The molecule has 0 heterocycles. The Balaban J connectivity index is 0.00000289. The quantitative estimate of drug-likeness (QED) is 0.489. The third-order valence-electron chi connectivity index (χ3n) is 2.36. The topological polar surface area (TPSA) is 89.4 Å². The van der Waals surface area contributed by atoms with Crippen LogP contribution in [0.15, 0.2) is 29.3 Å². The van der Waals surface area contributed by atoms with E-state index in [1.54, 1.807) is 12.1 Å². The Morgan fingerprint density at radius 1 is 1.61 bits per heavy atom. The van der Waals surface area contributed by atoms with Crippen molar-refractivity contribution < 1.29 is 10.0 Å². The maximum atomic E-state index is 10.7. The van der Waals surface area contributed by atoms with Gasteiger partial charge in [-0.05, 0) is 18.9 Å². The normalized spacial score (nSPS) is 11.4. The Kier molecular flexibility index (Phi) is 6.90. The van der Waals surface area contributed by atoms with Crippen LogP contribution in [0, 0.1) is 10.1 Å². The van der Waals surface area contributed by atoms with Crippen molar-refractivity contribution in [3.63, 3.8) is 0 Å². The monoisotopic (exact) mass is 336 g/mol. The molecule has 0 fully saturated rings. The van der Waals surface area contributed by atoms with E-state index in [1.807, 2.05) is 0 Å². The largest absolute Gasteiger partial charge is 0.502 e. The molecule has 1 rings (SSSR count). The van der Waals surface area contributed by atoms with Gasteiger partial charge in [0.1, 0.15) is 0 Å². The van der Waals surface area contributed by atoms with Gasteiger partial charge >= 0.3 is 5.69 Å². The number of halogens is 2. The fraction of sp³-hybridized carbons (Fsp3) is 0.273. The van der Waals surface area contributed by atoms with Gasteiger partial charge < -0.3 is 10.8 Å². The number of allylic oxidation sites excluding steroid dienone is 1. The molecule has 100 valence electrons. The van der Waals surface area contributed by atoms with E-state index in [-0.39, 0.29) is 23.8 Å². The molecule has 7 heteroatoms. The molecular weight excluding hydrogens is 323 g/mol. The van der Waals surface area contributed by atoms with Crippen LogP contribution in [0.4, 0.5) is 5.69 Å². The second kappa shape index (κ2) is 7.35. The molecule has 0 radical (unpaired) electrons. The maximum Gasteiger partial charge on any atom is 0.312 e. The number of nitrogens with zero attached hydrogens (tertiary/aromatic N) is 1. The van der Waals surface area contributed by atoms with Crippen LogP contribution in [0.5, 0.6) is 5.75 Å². The van der Waals surface area contributed by atoms with Crippen molar-refractivity contribution in [3.8, 4) is 5.75 Å². The molecule has 0 spiro atoms. The number of phenols is 1. The van der Waals surface area contributed by atoms with Crippen molar-refractivity contribution in [1.82, 2.24) is 0 Å². The summed E-state index contributed by atoms with van der Waals surface area (Å²) in [4.78, 5) is 10.1. The van der Waals surface area contributed by atoms with Gasteiger partial charge in [0.05, 0.1) is 4.92 Å². The number of rotatable bonds is 5. The Bertz CT molecular complexity index is 454. The van der Waals surface area contributed by atoms with Crippen LogP contribution < -0.4 is 5.73 Å². The minimum absolute atomic E-state index is 0. The van der Waals surface area contributed by atoms with Crippen molar-refractivity contribution in [3.05, 3.63) is 44.9 Å². The summed E-state index contributed by atoms with van der Waals surface area (Å²) >= 11 is 3.16. The Morgan fingerprint density at radius 2 is 2.22 bits per heavy atom. The van der Waals surface area contributed by atoms with E-state index in [9.17, 15) is 15.2 Å². The summed E-state index contributed by atoms with van der Waals surface area (Å²) in [6.07, 6.45) is 2.97. The van der Waals surface area contributed by atoms with E-state index in [1.165, 1.54) is 6.07 Å². The van der Waals surface area contributed by atoms with Gasteiger partial charge in [0.2, 0.25) is 0 Å². The number of nitro groups is 1. The molecule has 1 atom stereocenters. The van der Waals surface area contributed by atoms with Crippen LogP contribution in [-0.4, -0.2) is 10.0 Å². The van der Waals surface area contributed by atoms with Gasteiger partial charge in [-0.1, -0.05) is 22.0 Å². The molecule has 0 aliphatic heterocycles. The average Bonchev–Trinajstić information content (AvgIpc) is 2.28. The van der Waals surface area contributed by atoms with Crippen LogP contribution in [0.1, 0.15) is 24.4 Å². The fourth-order valence-electron chi connectivity index (χ4n) is 1.48. The Labute approximate surface area is 119 Å². The number of aromatic hydroxyl groups is 1. The molecule has 0 saturated heterocycles. The minimum atomic E-state index is -0.635. The lowest BCUT2D eigenvalue weighted by Crippen LogP contribution is -2.10. The smallest absolute Gasteiger partial charge is 0.312 e. The molecule has 0 aliphatic rings. The first-order chi connectivity index (χ1) is 7.97. The van der Waals surface area contributed by atoms with Gasteiger partial charge in [-0.2, -0.15) is 0 Å². The third kappa shape index (κ3) is 3.97. The first kappa shape index (κ1) is 16.9. The molecular formula is C11H14BrClN2O3. The fourth-order valence-corrected chi connectivity index (χ4v) is 1.94. The second-order valence-electron chi connectivity index (χ2n) is 3.59. The predicted molar refractivity (Wildman–Crippen MR) is 76.1 cm³/mol. The molecule has 0 saturated carbocycles. The summed E-state index contributed by atoms with van der Waals surface area (Å²) in [5.74, 6) is -0.366. The summed E-state index contributed by atoms with van der Waals surface area (Å²) < 4.78 is 0.519.